The standard InChI is InChI=1S/C9H14O2/c1-7(10)3-4-9-5-6-11-8(9)2/h3-4,8-9H,5-6H2,1-2H3/b4-3+. The second kappa shape index (κ2) is 3.67. The van der Waals surface area contributed by atoms with E-state index >= 15 is 0 Å². The molecule has 2 heteroatoms. The lowest BCUT2D eigenvalue weighted by Gasteiger charge is -2.07. The second-order valence-electron chi connectivity index (χ2n) is 3.00. The van der Waals surface area contributed by atoms with Gasteiger partial charge in [0.2, 0.25) is 0 Å². The Bertz CT molecular complexity index is 172. The van der Waals surface area contributed by atoms with Crippen molar-refractivity contribution in [2.45, 2.75) is 26.4 Å². The van der Waals surface area contributed by atoms with Crippen molar-refractivity contribution in [1.29, 1.82) is 0 Å². The van der Waals surface area contributed by atoms with Crippen LogP contribution in [0.3, 0.4) is 0 Å². The maximum Gasteiger partial charge on any atom is 0.152 e. The molecule has 1 rings (SSSR count). The van der Waals surface area contributed by atoms with Gasteiger partial charge in [-0.2, -0.15) is 0 Å². The molecule has 2 atom stereocenters. The van der Waals surface area contributed by atoms with Crippen molar-refractivity contribution in [1.82, 2.24) is 0 Å². The second-order valence-corrected chi connectivity index (χ2v) is 3.00. The quantitative estimate of drug-likeness (QED) is 0.564. The number of rotatable bonds is 2. The Hall–Kier alpha value is -0.630. The molecule has 2 nitrogen and oxygen atoms in total. The first-order valence-corrected chi connectivity index (χ1v) is 4.00. The Balaban J connectivity index is 2.42. The minimum Gasteiger partial charge on any atom is -0.378 e. The molecule has 62 valence electrons. The van der Waals surface area contributed by atoms with Gasteiger partial charge >= 0.3 is 0 Å². The Morgan fingerprint density at radius 3 is 2.82 bits per heavy atom. The van der Waals surface area contributed by atoms with Crippen molar-refractivity contribution < 1.29 is 9.53 Å². The number of ketones is 1. The predicted molar refractivity (Wildman–Crippen MR) is 43.3 cm³/mol. The lowest BCUT2D eigenvalue weighted by molar-refractivity contribution is -0.112. The van der Waals surface area contributed by atoms with Gasteiger partial charge in [0, 0.05) is 12.5 Å². The summed E-state index contributed by atoms with van der Waals surface area (Å²) in [7, 11) is 0. The van der Waals surface area contributed by atoms with Crippen LogP contribution < -0.4 is 0 Å². The van der Waals surface area contributed by atoms with E-state index in [1.807, 2.05) is 13.0 Å². The lowest BCUT2D eigenvalue weighted by Crippen LogP contribution is -2.08. The molecule has 1 aliphatic rings. The molecule has 0 saturated carbocycles. The SMILES string of the molecule is CC(=O)/C=C/C1CCOC1C. The molecule has 0 aliphatic carbocycles. The van der Waals surface area contributed by atoms with Gasteiger partial charge in [0.15, 0.2) is 5.78 Å². The minimum absolute atomic E-state index is 0.115. The Kier molecular flexibility index (Phi) is 2.83. The van der Waals surface area contributed by atoms with Gasteiger partial charge in [-0.15, -0.1) is 0 Å². The Labute approximate surface area is 67.2 Å². The maximum atomic E-state index is 10.6. The van der Waals surface area contributed by atoms with E-state index in [1.165, 1.54) is 0 Å². The van der Waals surface area contributed by atoms with Crippen molar-refractivity contribution >= 4 is 5.78 Å². The molecule has 1 fully saturated rings. The average Bonchev–Trinajstić information content (AvgIpc) is 2.31. The number of ether oxygens (including phenoxy) is 1. The summed E-state index contributed by atoms with van der Waals surface area (Å²) < 4.78 is 5.34. The van der Waals surface area contributed by atoms with E-state index < -0.39 is 0 Å². The van der Waals surface area contributed by atoms with Crippen LogP contribution in [0.4, 0.5) is 0 Å². The summed E-state index contributed by atoms with van der Waals surface area (Å²) in [5.74, 6) is 0.558. The van der Waals surface area contributed by atoms with Crippen molar-refractivity contribution in [2.24, 2.45) is 5.92 Å². The van der Waals surface area contributed by atoms with E-state index in [4.69, 9.17) is 4.74 Å². The zero-order valence-electron chi connectivity index (χ0n) is 7.04. The third-order valence-electron chi connectivity index (χ3n) is 2.01. The molecule has 1 heterocycles. The first-order chi connectivity index (χ1) is 5.20. The Morgan fingerprint density at radius 1 is 1.64 bits per heavy atom. The largest absolute Gasteiger partial charge is 0.378 e. The molecule has 0 spiro atoms. The van der Waals surface area contributed by atoms with Crippen LogP contribution in [-0.2, 0) is 9.53 Å². The molecule has 0 radical (unpaired) electrons. The van der Waals surface area contributed by atoms with Crippen LogP contribution in [0.1, 0.15) is 20.3 Å². The number of hydrogen-bond donors (Lipinski definition) is 0. The number of carbonyl (C=O) groups is 1. The van der Waals surface area contributed by atoms with Gasteiger partial charge in [-0.1, -0.05) is 6.08 Å². The zero-order valence-corrected chi connectivity index (χ0v) is 7.04. The summed E-state index contributed by atoms with van der Waals surface area (Å²) in [4.78, 5) is 10.6. The highest BCUT2D eigenvalue weighted by Crippen LogP contribution is 2.21. The fourth-order valence-electron chi connectivity index (χ4n) is 1.26. The number of allylic oxidation sites excluding steroid dienone is 1. The fourth-order valence-corrected chi connectivity index (χ4v) is 1.26. The molecule has 0 bridgehead atoms. The van der Waals surface area contributed by atoms with Gasteiger partial charge in [0.1, 0.15) is 0 Å². The molecular formula is C9H14O2. The van der Waals surface area contributed by atoms with E-state index in [9.17, 15) is 4.79 Å². The summed E-state index contributed by atoms with van der Waals surface area (Å²) in [6.07, 6.45) is 4.92. The van der Waals surface area contributed by atoms with Crippen LogP contribution in [0.15, 0.2) is 12.2 Å². The molecule has 1 saturated heterocycles. The molecule has 0 N–H and O–H groups in total. The van der Waals surface area contributed by atoms with Gasteiger partial charge in [-0.25, -0.2) is 0 Å². The molecule has 0 amide bonds. The summed E-state index contributed by atoms with van der Waals surface area (Å²) in [6, 6.07) is 0. The number of hydrogen-bond acceptors (Lipinski definition) is 2. The van der Waals surface area contributed by atoms with Crippen LogP contribution in [-0.4, -0.2) is 18.5 Å². The van der Waals surface area contributed by atoms with Crippen LogP contribution in [0.2, 0.25) is 0 Å². The minimum atomic E-state index is 0.115. The normalized spacial score (nSPS) is 31.5. The summed E-state index contributed by atoms with van der Waals surface area (Å²) in [6.45, 7) is 4.44. The van der Waals surface area contributed by atoms with Crippen LogP contribution >= 0.6 is 0 Å². The van der Waals surface area contributed by atoms with Crippen LogP contribution in [0.5, 0.6) is 0 Å². The van der Waals surface area contributed by atoms with Gasteiger partial charge in [0.05, 0.1) is 6.10 Å². The Morgan fingerprint density at radius 2 is 2.36 bits per heavy atom. The average molecular weight is 154 g/mol. The van der Waals surface area contributed by atoms with Crippen molar-refractivity contribution in [3.8, 4) is 0 Å². The molecule has 1 aliphatic heterocycles. The first-order valence-electron chi connectivity index (χ1n) is 4.00. The highest BCUT2D eigenvalue weighted by Gasteiger charge is 2.21. The highest BCUT2D eigenvalue weighted by molar-refractivity contribution is 5.87. The molecule has 0 aromatic heterocycles. The van der Waals surface area contributed by atoms with Crippen LogP contribution in [0.25, 0.3) is 0 Å². The highest BCUT2D eigenvalue weighted by atomic mass is 16.5. The monoisotopic (exact) mass is 154 g/mol. The van der Waals surface area contributed by atoms with Crippen molar-refractivity contribution in [3.05, 3.63) is 12.2 Å². The van der Waals surface area contributed by atoms with Gasteiger partial charge < -0.3 is 4.74 Å². The van der Waals surface area contributed by atoms with Gasteiger partial charge in [-0.05, 0) is 26.3 Å². The third kappa shape index (κ3) is 2.46. The van der Waals surface area contributed by atoms with E-state index in [-0.39, 0.29) is 11.9 Å². The summed E-state index contributed by atoms with van der Waals surface area (Å²) in [5.41, 5.74) is 0. The first kappa shape index (κ1) is 8.47. The van der Waals surface area contributed by atoms with Crippen molar-refractivity contribution in [3.63, 3.8) is 0 Å². The zero-order chi connectivity index (χ0) is 8.27. The van der Waals surface area contributed by atoms with E-state index in [0.29, 0.717) is 5.92 Å². The van der Waals surface area contributed by atoms with E-state index in [2.05, 4.69) is 0 Å². The molecule has 0 aromatic carbocycles. The smallest absolute Gasteiger partial charge is 0.152 e. The maximum absolute atomic E-state index is 10.6. The summed E-state index contributed by atoms with van der Waals surface area (Å²) in [5, 5.41) is 0. The number of carbonyl (C=O) groups excluding carboxylic acids is 1. The van der Waals surface area contributed by atoms with E-state index in [1.54, 1.807) is 13.0 Å². The lowest BCUT2D eigenvalue weighted by atomic mass is 10.0. The van der Waals surface area contributed by atoms with Gasteiger partial charge in [-0.3, -0.25) is 4.79 Å². The predicted octanol–water partition coefficient (Wildman–Crippen LogP) is 1.56. The van der Waals surface area contributed by atoms with E-state index in [0.717, 1.165) is 13.0 Å². The van der Waals surface area contributed by atoms with Crippen LogP contribution in [0, 0.1) is 5.92 Å². The summed E-state index contributed by atoms with van der Waals surface area (Å²) >= 11 is 0. The van der Waals surface area contributed by atoms with Crippen molar-refractivity contribution in [2.75, 3.05) is 6.61 Å². The molecule has 11 heavy (non-hydrogen) atoms. The fraction of sp³-hybridized carbons (Fsp3) is 0.667. The molecule has 0 aromatic rings. The molecule has 2 unspecified atom stereocenters. The van der Waals surface area contributed by atoms with Gasteiger partial charge in [0.25, 0.3) is 0 Å². The topological polar surface area (TPSA) is 26.3 Å². The third-order valence-corrected chi connectivity index (χ3v) is 2.01. The molecular weight excluding hydrogens is 140 g/mol.